The second-order valence-electron chi connectivity index (χ2n) is 9.07. The van der Waals surface area contributed by atoms with Crippen molar-refractivity contribution in [3.05, 3.63) is 108 Å². The first kappa shape index (κ1) is 23.1. The summed E-state index contributed by atoms with van der Waals surface area (Å²) in [7, 11) is 0. The van der Waals surface area contributed by atoms with Gasteiger partial charge in [-0.15, -0.1) is 0 Å². The third kappa shape index (κ3) is 5.90. The van der Waals surface area contributed by atoms with Gasteiger partial charge in [0, 0.05) is 17.7 Å². The Labute approximate surface area is 207 Å². The molecule has 4 aromatic rings. The SMILES string of the molecule is O=C(c1ccc(OCCN2CCCCC2)cc1)c1cccc2cc(OCc3ccccc3)ccc12. The fourth-order valence-corrected chi connectivity index (χ4v) is 4.62. The van der Waals surface area contributed by atoms with Crippen LogP contribution in [0.1, 0.15) is 40.7 Å². The first-order chi connectivity index (χ1) is 17.3. The fourth-order valence-electron chi connectivity index (χ4n) is 4.62. The molecule has 35 heavy (non-hydrogen) atoms. The summed E-state index contributed by atoms with van der Waals surface area (Å²) in [5.41, 5.74) is 2.47. The molecule has 0 atom stereocenters. The highest BCUT2D eigenvalue weighted by Gasteiger charge is 2.14. The molecule has 0 N–H and O–H groups in total. The number of hydrogen-bond acceptors (Lipinski definition) is 4. The van der Waals surface area contributed by atoms with Crippen LogP contribution in [0.5, 0.6) is 11.5 Å². The van der Waals surface area contributed by atoms with Crippen LogP contribution < -0.4 is 9.47 Å². The zero-order valence-electron chi connectivity index (χ0n) is 20.0. The van der Waals surface area contributed by atoms with Gasteiger partial charge in [-0.25, -0.2) is 0 Å². The van der Waals surface area contributed by atoms with Crippen molar-refractivity contribution in [3.63, 3.8) is 0 Å². The van der Waals surface area contributed by atoms with E-state index in [9.17, 15) is 4.79 Å². The van der Waals surface area contributed by atoms with Crippen molar-refractivity contribution in [2.45, 2.75) is 25.9 Å². The Hall–Kier alpha value is -3.63. The van der Waals surface area contributed by atoms with Crippen molar-refractivity contribution in [1.82, 2.24) is 4.90 Å². The van der Waals surface area contributed by atoms with Gasteiger partial charge in [0.25, 0.3) is 0 Å². The lowest BCUT2D eigenvalue weighted by Gasteiger charge is -2.26. The number of hydrogen-bond donors (Lipinski definition) is 0. The summed E-state index contributed by atoms with van der Waals surface area (Å²) in [4.78, 5) is 15.8. The van der Waals surface area contributed by atoms with Crippen LogP contribution in [0.2, 0.25) is 0 Å². The van der Waals surface area contributed by atoms with Crippen LogP contribution in [0.3, 0.4) is 0 Å². The maximum absolute atomic E-state index is 13.3. The molecule has 0 aliphatic carbocycles. The molecular formula is C31H31NO3. The number of rotatable bonds is 9. The average molecular weight is 466 g/mol. The first-order valence-corrected chi connectivity index (χ1v) is 12.5. The van der Waals surface area contributed by atoms with Crippen molar-refractivity contribution >= 4 is 16.6 Å². The van der Waals surface area contributed by atoms with E-state index in [1.54, 1.807) is 0 Å². The van der Waals surface area contributed by atoms with E-state index in [1.807, 2.05) is 91.0 Å². The molecular weight excluding hydrogens is 434 g/mol. The minimum absolute atomic E-state index is 0.00780. The van der Waals surface area contributed by atoms with Crippen LogP contribution in [-0.4, -0.2) is 36.9 Å². The van der Waals surface area contributed by atoms with Crippen molar-refractivity contribution in [3.8, 4) is 11.5 Å². The van der Waals surface area contributed by atoms with Gasteiger partial charge >= 0.3 is 0 Å². The maximum atomic E-state index is 13.3. The van der Waals surface area contributed by atoms with Gasteiger partial charge in [0.05, 0.1) is 0 Å². The van der Waals surface area contributed by atoms with Crippen LogP contribution in [0.25, 0.3) is 10.8 Å². The molecule has 0 saturated carbocycles. The standard InChI is InChI=1S/C31H31NO3/c33-31(25-12-14-27(15-13-25)34-21-20-32-18-5-2-6-19-32)30-11-7-10-26-22-28(16-17-29(26)30)35-23-24-8-3-1-4-9-24/h1,3-4,7-17,22H,2,5-6,18-21,23H2. The van der Waals surface area contributed by atoms with Gasteiger partial charge in [0.2, 0.25) is 0 Å². The van der Waals surface area contributed by atoms with E-state index in [0.29, 0.717) is 24.3 Å². The van der Waals surface area contributed by atoms with Crippen LogP contribution in [0.15, 0.2) is 91.0 Å². The first-order valence-electron chi connectivity index (χ1n) is 12.5. The molecule has 4 nitrogen and oxygen atoms in total. The molecule has 4 aromatic carbocycles. The largest absolute Gasteiger partial charge is 0.492 e. The Bertz CT molecular complexity index is 1260. The Morgan fingerprint density at radius 3 is 2.31 bits per heavy atom. The monoisotopic (exact) mass is 465 g/mol. The normalized spacial score (nSPS) is 14.1. The number of ether oxygens (including phenoxy) is 2. The van der Waals surface area contributed by atoms with E-state index in [2.05, 4.69) is 4.90 Å². The molecule has 0 aromatic heterocycles. The number of carbonyl (C=O) groups excluding carboxylic acids is 1. The summed E-state index contributed by atoms with van der Waals surface area (Å²) in [5.74, 6) is 1.60. The van der Waals surface area contributed by atoms with Gasteiger partial charge in [-0.1, -0.05) is 55.0 Å². The number of benzene rings is 4. The number of nitrogens with zero attached hydrogens (tertiary/aromatic N) is 1. The minimum Gasteiger partial charge on any atom is -0.492 e. The summed E-state index contributed by atoms with van der Waals surface area (Å²) >= 11 is 0. The van der Waals surface area contributed by atoms with Crippen LogP contribution in [0, 0.1) is 0 Å². The van der Waals surface area contributed by atoms with Crippen LogP contribution in [-0.2, 0) is 6.61 Å². The van der Waals surface area contributed by atoms with E-state index in [0.717, 1.165) is 34.4 Å². The average Bonchev–Trinajstić information content (AvgIpc) is 2.92. The van der Waals surface area contributed by atoms with Gasteiger partial charge in [-0.05, 0) is 84.7 Å². The van der Waals surface area contributed by atoms with Gasteiger partial charge in [0.15, 0.2) is 5.78 Å². The molecule has 1 saturated heterocycles. The Balaban J connectivity index is 1.24. The Morgan fingerprint density at radius 1 is 0.743 bits per heavy atom. The molecule has 1 aliphatic rings. The van der Waals surface area contributed by atoms with Gasteiger partial charge in [0.1, 0.15) is 24.7 Å². The molecule has 0 unspecified atom stereocenters. The molecule has 178 valence electrons. The van der Waals surface area contributed by atoms with Gasteiger partial charge in [-0.2, -0.15) is 0 Å². The van der Waals surface area contributed by atoms with Crippen LogP contribution >= 0.6 is 0 Å². The molecule has 0 bridgehead atoms. The summed E-state index contributed by atoms with van der Waals surface area (Å²) < 4.78 is 11.9. The summed E-state index contributed by atoms with van der Waals surface area (Å²) in [6.07, 6.45) is 3.91. The lowest BCUT2D eigenvalue weighted by atomic mass is 9.97. The molecule has 1 aliphatic heterocycles. The fraction of sp³-hybridized carbons (Fsp3) is 0.258. The molecule has 1 heterocycles. The summed E-state index contributed by atoms with van der Waals surface area (Å²) in [5, 5.41) is 1.91. The lowest BCUT2D eigenvalue weighted by molar-refractivity contribution is 0.104. The number of piperidine rings is 1. The molecule has 0 spiro atoms. The number of carbonyl (C=O) groups is 1. The van der Waals surface area contributed by atoms with Crippen molar-refractivity contribution in [2.75, 3.05) is 26.2 Å². The Morgan fingerprint density at radius 2 is 1.51 bits per heavy atom. The number of ketones is 1. The van der Waals surface area contributed by atoms with Crippen molar-refractivity contribution < 1.29 is 14.3 Å². The number of likely N-dealkylation sites (tertiary alicyclic amines) is 1. The van der Waals surface area contributed by atoms with Gasteiger partial charge in [-0.3, -0.25) is 9.69 Å². The van der Waals surface area contributed by atoms with Crippen molar-refractivity contribution in [1.29, 1.82) is 0 Å². The predicted molar refractivity (Wildman–Crippen MR) is 140 cm³/mol. The highest BCUT2D eigenvalue weighted by atomic mass is 16.5. The van der Waals surface area contributed by atoms with Gasteiger partial charge < -0.3 is 9.47 Å². The third-order valence-corrected chi connectivity index (χ3v) is 6.59. The van der Waals surface area contributed by atoms with E-state index in [4.69, 9.17) is 9.47 Å². The molecule has 5 rings (SSSR count). The van der Waals surface area contributed by atoms with E-state index in [-0.39, 0.29) is 5.78 Å². The van der Waals surface area contributed by atoms with E-state index in [1.165, 1.54) is 32.4 Å². The summed E-state index contributed by atoms with van der Waals surface area (Å²) in [6.45, 7) is 4.47. The Kier molecular flexibility index (Phi) is 7.40. The molecule has 4 heteroatoms. The zero-order valence-corrected chi connectivity index (χ0v) is 20.0. The van der Waals surface area contributed by atoms with E-state index < -0.39 is 0 Å². The smallest absolute Gasteiger partial charge is 0.193 e. The molecule has 0 amide bonds. The quantitative estimate of drug-likeness (QED) is 0.264. The topological polar surface area (TPSA) is 38.8 Å². The maximum Gasteiger partial charge on any atom is 0.193 e. The highest BCUT2D eigenvalue weighted by Crippen LogP contribution is 2.27. The third-order valence-electron chi connectivity index (χ3n) is 6.59. The second-order valence-corrected chi connectivity index (χ2v) is 9.07. The lowest BCUT2D eigenvalue weighted by Crippen LogP contribution is -2.33. The van der Waals surface area contributed by atoms with E-state index >= 15 is 0 Å². The zero-order chi connectivity index (χ0) is 23.9. The molecule has 1 fully saturated rings. The minimum atomic E-state index is 0.00780. The highest BCUT2D eigenvalue weighted by molar-refractivity contribution is 6.16. The predicted octanol–water partition coefficient (Wildman–Crippen LogP) is 6.51. The number of fused-ring (bicyclic) bond motifs is 1. The van der Waals surface area contributed by atoms with Crippen LogP contribution in [0.4, 0.5) is 0 Å². The van der Waals surface area contributed by atoms with Crippen molar-refractivity contribution in [2.24, 2.45) is 0 Å². The molecule has 0 radical (unpaired) electrons. The summed E-state index contributed by atoms with van der Waals surface area (Å²) in [6, 6.07) is 29.3. The second kappa shape index (κ2) is 11.2.